The molecule has 10 nitrogen and oxygen atoms in total. The van der Waals surface area contributed by atoms with Gasteiger partial charge in [-0.15, -0.1) is 0 Å². The first-order valence-electron chi connectivity index (χ1n) is 20.4. The first kappa shape index (κ1) is 36.6. The fraction of sp³-hybridized carbons (Fsp3) is 0.780. The highest BCUT2D eigenvalue weighted by molar-refractivity contribution is 8.77. The van der Waals surface area contributed by atoms with Crippen LogP contribution in [0, 0.1) is 53.3 Å². The zero-order valence-corrected chi connectivity index (χ0v) is 33.4. The number of allylic oxidation sites excluding steroid dienone is 1. The van der Waals surface area contributed by atoms with Crippen molar-refractivity contribution in [3.05, 3.63) is 22.8 Å². The van der Waals surface area contributed by atoms with Crippen molar-refractivity contribution in [2.75, 3.05) is 25.9 Å². The standard InChI is InChI=1S/C41H56N4O6S2/c1-5-21(2)39(48)51-40(3)16-24-8-6-7-23-12-32-38-28(37(23)43-4)19-45(38)34(46)13-26-18-44-33(42)14-27(26)36(29(24)20-52-53-32)41(40)17-25-11-22-9-10-35(47)49-30(22)15-31(25)50-41/h5,22-23,25-28,30-33,36-38,43-44H,8-20,42H2,1-4H3/p+2/t22?,23-,25?,26?,27?,28+,30?,31?,32-,33?,36?,37-,38-,40-,41-/m0/s1. The van der Waals surface area contributed by atoms with E-state index in [4.69, 9.17) is 19.9 Å². The highest BCUT2D eigenvalue weighted by atomic mass is 33.1. The maximum absolute atomic E-state index is 14.6. The van der Waals surface area contributed by atoms with Gasteiger partial charge in [0.15, 0.2) is 0 Å². The van der Waals surface area contributed by atoms with Crippen LogP contribution in [0.5, 0.6) is 0 Å². The number of amides is 1. The van der Waals surface area contributed by atoms with E-state index in [1.54, 1.807) is 0 Å². The molecule has 5 saturated heterocycles. The molecule has 0 aromatic heterocycles. The van der Waals surface area contributed by atoms with Gasteiger partial charge in [0, 0.05) is 73.5 Å². The fourth-order valence-corrected chi connectivity index (χ4v) is 15.9. The first-order chi connectivity index (χ1) is 25.5. The van der Waals surface area contributed by atoms with Gasteiger partial charge < -0.3 is 29.7 Å². The highest BCUT2D eigenvalue weighted by Crippen LogP contribution is 2.63. The van der Waals surface area contributed by atoms with Gasteiger partial charge in [0.05, 0.1) is 37.6 Å². The van der Waals surface area contributed by atoms with Crippen LogP contribution < -0.4 is 16.4 Å². The lowest BCUT2D eigenvalue weighted by Crippen LogP contribution is -2.96. The molecular formula is C41H58N4O6S2+2. The normalized spacial score (nSPS) is 47.5. The van der Waals surface area contributed by atoms with Crippen LogP contribution in [0.3, 0.4) is 0 Å². The summed E-state index contributed by atoms with van der Waals surface area (Å²) in [7, 11) is 6.11. The second-order valence-electron chi connectivity index (χ2n) is 18.0. The van der Waals surface area contributed by atoms with Crippen LogP contribution in [-0.4, -0.2) is 95.5 Å². The summed E-state index contributed by atoms with van der Waals surface area (Å²) in [5.41, 5.74) is 8.32. The number of hydrogen-bond donors (Lipinski definition) is 3. The lowest BCUT2D eigenvalue weighted by molar-refractivity contribution is -0.706. The van der Waals surface area contributed by atoms with Gasteiger partial charge >= 0.3 is 11.9 Å². The quantitative estimate of drug-likeness (QED) is 0.130. The van der Waals surface area contributed by atoms with E-state index in [0.29, 0.717) is 60.8 Å². The molecule has 0 aromatic rings. The number of nitrogens with two attached hydrogens (primary N) is 3. The van der Waals surface area contributed by atoms with E-state index in [2.05, 4.69) is 41.3 Å². The van der Waals surface area contributed by atoms with E-state index < -0.39 is 11.2 Å². The van der Waals surface area contributed by atoms with Gasteiger partial charge in [0.25, 0.3) is 0 Å². The second-order valence-corrected chi connectivity index (χ2v) is 20.6. The Morgan fingerprint density at radius 1 is 1.15 bits per heavy atom. The van der Waals surface area contributed by atoms with Gasteiger partial charge in [-0.25, -0.2) is 4.79 Å². The van der Waals surface area contributed by atoms with Crippen LogP contribution in [0.2, 0.25) is 0 Å². The van der Waals surface area contributed by atoms with Crippen molar-refractivity contribution < 1.29 is 39.2 Å². The fourth-order valence-electron chi connectivity index (χ4n) is 12.7. The highest BCUT2D eigenvalue weighted by Gasteiger charge is 2.69. The molecule has 3 aliphatic carbocycles. The molecule has 8 unspecified atom stereocenters. The third-order valence-electron chi connectivity index (χ3n) is 15.4. The molecule has 1 amide bonds. The number of hydrogen-bond acceptors (Lipinski definition) is 9. The number of rotatable bonds is 3. The summed E-state index contributed by atoms with van der Waals surface area (Å²) < 4.78 is 20.5. The van der Waals surface area contributed by atoms with Gasteiger partial charge in [0.2, 0.25) is 5.91 Å². The lowest BCUT2D eigenvalue weighted by atomic mass is 9.54. The molecule has 12 heteroatoms. The molecule has 3 bridgehead atoms. The van der Waals surface area contributed by atoms with Gasteiger partial charge in [-0.2, -0.15) is 0 Å². The molecule has 1 spiro atoms. The van der Waals surface area contributed by atoms with Crippen molar-refractivity contribution in [2.24, 2.45) is 47.2 Å². The predicted molar refractivity (Wildman–Crippen MR) is 203 cm³/mol. The van der Waals surface area contributed by atoms with E-state index >= 15 is 0 Å². The van der Waals surface area contributed by atoms with Crippen molar-refractivity contribution in [2.45, 2.75) is 132 Å². The van der Waals surface area contributed by atoms with Gasteiger partial charge in [-0.1, -0.05) is 50.7 Å². The smallest absolute Gasteiger partial charge is 0.334 e. The number of fused-ring (bicyclic) bond motifs is 8. The van der Waals surface area contributed by atoms with Gasteiger partial charge in [-0.3, -0.25) is 15.3 Å². The van der Waals surface area contributed by atoms with Crippen LogP contribution in [0.4, 0.5) is 0 Å². The molecule has 2 saturated carbocycles. The van der Waals surface area contributed by atoms with Crippen molar-refractivity contribution in [1.29, 1.82) is 0 Å². The Bertz CT molecular complexity index is 1680. The first-order valence-corrected chi connectivity index (χ1v) is 22.8. The zero-order chi connectivity index (χ0) is 36.8. The number of quaternary nitrogens is 2. The average Bonchev–Trinajstić information content (AvgIpc) is 3.47. The Morgan fingerprint density at radius 3 is 2.81 bits per heavy atom. The predicted octanol–water partition coefficient (Wildman–Crippen LogP) is 2.28. The van der Waals surface area contributed by atoms with Crippen LogP contribution in [0.15, 0.2) is 22.8 Å². The molecule has 9 rings (SSSR count). The molecule has 9 aliphatic rings. The third kappa shape index (κ3) is 5.96. The minimum absolute atomic E-state index is 0.0642. The van der Waals surface area contributed by atoms with E-state index in [-0.39, 0.29) is 71.9 Å². The number of carbonyl (C=O) groups is 3. The summed E-state index contributed by atoms with van der Waals surface area (Å²) >= 11 is 0. The largest absolute Gasteiger partial charge is 0.462 e. The van der Waals surface area contributed by atoms with Crippen molar-refractivity contribution in [3.63, 3.8) is 0 Å². The Morgan fingerprint density at radius 2 is 2.00 bits per heavy atom. The van der Waals surface area contributed by atoms with E-state index in [0.717, 1.165) is 50.9 Å². The molecule has 7 fully saturated rings. The molecule has 6 N–H and O–H groups in total. The molecule has 53 heavy (non-hydrogen) atoms. The van der Waals surface area contributed by atoms with Crippen molar-refractivity contribution in [3.8, 4) is 11.8 Å². The Kier molecular flexibility index (Phi) is 9.59. The van der Waals surface area contributed by atoms with E-state index in [9.17, 15) is 14.4 Å². The molecule has 15 atom stereocenters. The van der Waals surface area contributed by atoms with E-state index in [1.807, 2.05) is 41.5 Å². The Balaban J connectivity index is 1.22. The summed E-state index contributed by atoms with van der Waals surface area (Å²) in [6, 6.07) is 0.633. The molecular weight excluding hydrogens is 709 g/mol. The SMILES string of the molecule is CC=C(C)C(=O)O[C@@]1(C)CC2=C3CSS[C@H]4C[C@H](C#CC2)[C@H]([NH2+]C)[C@H]2CN(C(=O)CC5C[NH2+]C(N)CC5C3[C@@]13CC1CC5CCC(=O)OC5CC1O3)[C@@H]24. The third-order valence-corrected chi connectivity index (χ3v) is 18.2. The molecule has 0 radical (unpaired) electrons. The van der Waals surface area contributed by atoms with Gasteiger partial charge in [0.1, 0.15) is 29.5 Å². The van der Waals surface area contributed by atoms with Crippen molar-refractivity contribution in [1.82, 2.24) is 4.90 Å². The van der Waals surface area contributed by atoms with Crippen LogP contribution >= 0.6 is 21.6 Å². The molecule has 6 heterocycles. The average molecular weight is 767 g/mol. The number of piperidine rings is 1. The number of carbonyl (C=O) groups excluding carboxylic acids is 3. The maximum atomic E-state index is 14.6. The molecule has 288 valence electrons. The lowest BCUT2D eigenvalue weighted by Gasteiger charge is -2.59. The van der Waals surface area contributed by atoms with Gasteiger partial charge in [-0.05, 0) is 64.2 Å². The number of ether oxygens (including phenoxy) is 3. The zero-order valence-electron chi connectivity index (χ0n) is 31.7. The second kappa shape index (κ2) is 13.9. The van der Waals surface area contributed by atoms with Crippen molar-refractivity contribution >= 4 is 39.4 Å². The molecule has 6 aliphatic heterocycles. The summed E-state index contributed by atoms with van der Waals surface area (Å²) in [5.74, 6) is 9.59. The Labute approximate surface area is 322 Å². The monoisotopic (exact) mass is 766 g/mol. The number of esters is 2. The van der Waals surface area contributed by atoms with Crippen LogP contribution in [0.1, 0.15) is 85.0 Å². The van der Waals surface area contributed by atoms with Crippen LogP contribution in [-0.2, 0) is 28.6 Å². The topological polar surface area (TPSA) is 141 Å². The Hall–Kier alpha value is -2.01. The number of nitrogens with zero attached hydrogens (tertiary/aromatic N) is 1. The summed E-state index contributed by atoms with van der Waals surface area (Å²) in [5, 5.41) is 4.93. The summed E-state index contributed by atoms with van der Waals surface area (Å²) in [6.45, 7) is 7.44. The molecule has 0 aromatic carbocycles. The van der Waals surface area contributed by atoms with E-state index in [1.165, 1.54) is 11.1 Å². The summed E-state index contributed by atoms with van der Waals surface area (Å²) in [6.07, 6.45) is 8.64. The summed E-state index contributed by atoms with van der Waals surface area (Å²) in [4.78, 5) is 43.3. The minimum Gasteiger partial charge on any atom is -0.462 e. The minimum atomic E-state index is -0.987. The van der Waals surface area contributed by atoms with Crippen LogP contribution in [0.25, 0.3) is 0 Å². The maximum Gasteiger partial charge on any atom is 0.334 e.